The number of nitrogens with zero attached hydrogens (tertiary/aromatic N) is 2. The SMILES string of the molecule is COc1ccc(NC2CC(C)N(C)CC2C)c([N+](=O)[O-])c1. The summed E-state index contributed by atoms with van der Waals surface area (Å²) in [6, 6.07) is 5.65. The molecule has 0 bridgehead atoms. The summed E-state index contributed by atoms with van der Waals surface area (Å²) in [7, 11) is 3.63. The first-order valence-corrected chi connectivity index (χ1v) is 7.21. The molecule has 1 aromatic carbocycles. The standard InChI is InChI=1S/C15H23N3O3/c1-10-9-17(3)11(2)7-14(10)16-13-6-5-12(21-4)8-15(13)18(19)20/h5-6,8,10-11,14,16H,7,9H2,1-4H3. The zero-order valence-electron chi connectivity index (χ0n) is 13.0. The van der Waals surface area contributed by atoms with Crippen molar-refractivity contribution < 1.29 is 9.66 Å². The molecule has 0 saturated carbocycles. The van der Waals surface area contributed by atoms with Crippen LogP contribution < -0.4 is 10.1 Å². The minimum atomic E-state index is -0.367. The van der Waals surface area contributed by atoms with Gasteiger partial charge in [-0.1, -0.05) is 6.92 Å². The second kappa shape index (κ2) is 6.30. The number of nitrogens with one attached hydrogen (secondary N) is 1. The van der Waals surface area contributed by atoms with Crippen molar-refractivity contribution >= 4 is 11.4 Å². The van der Waals surface area contributed by atoms with E-state index in [0.29, 0.717) is 23.4 Å². The monoisotopic (exact) mass is 293 g/mol. The maximum Gasteiger partial charge on any atom is 0.296 e. The highest BCUT2D eigenvalue weighted by Gasteiger charge is 2.30. The molecule has 2 rings (SSSR count). The van der Waals surface area contributed by atoms with Gasteiger partial charge in [0.05, 0.1) is 18.1 Å². The lowest BCUT2D eigenvalue weighted by Crippen LogP contribution is -2.48. The van der Waals surface area contributed by atoms with Gasteiger partial charge in [-0.3, -0.25) is 10.1 Å². The quantitative estimate of drug-likeness (QED) is 0.683. The van der Waals surface area contributed by atoms with Crippen LogP contribution in [0.1, 0.15) is 20.3 Å². The highest BCUT2D eigenvalue weighted by molar-refractivity contribution is 5.64. The van der Waals surface area contributed by atoms with Crippen LogP contribution in [-0.4, -0.2) is 42.6 Å². The van der Waals surface area contributed by atoms with Crippen LogP contribution in [0.4, 0.5) is 11.4 Å². The molecule has 116 valence electrons. The predicted octanol–water partition coefficient (Wildman–Crippen LogP) is 2.74. The Morgan fingerprint density at radius 2 is 2.14 bits per heavy atom. The van der Waals surface area contributed by atoms with Crippen molar-refractivity contribution in [3.05, 3.63) is 28.3 Å². The van der Waals surface area contributed by atoms with Crippen LogP contribution in [0.5, 0.6) is 5.75 Å². The molecule has 6 nitrogen and oxygen atoms in total. The first-order chi connectivity index (χ1) is 9.92. The molecule has 1 heterocycles. The lowest BCUT2D eigenvalue weighted by Gasteiger charge is -2.40. The van der Waals surface area contributed by atoms with Crippen molar-refractivity contribution in [2.45, 2.75) is 32.4 Å². The Labute approximate surface area is 125 Å². The number of ether oxygens (including phenoxy) is 1. The predicted molar refractivity (Wildman–Crippen MR) is 82.9 cm³/mol. The van der Waals surface area contributed by atoms with Gasteiger partial charge in [0.25, 0.3) is 5.69 Å². The average molecular weight is 293 g/mol. The summed E-state index contributed by atoms with van der Waals surface area (Å²) in [6.45, 7) is 5.35. The first kappa shape index (κ1) is 15.6. The fraction of sp³-hybridized carbons (Fsp3) is 0.600. The van der Waals surface area contributed by atoms with Crippen LogP contribution in [0, 0.1) is 16.0 Å². The van der Waals surface area contributed by atoms with Crippen LogP contribution in [0.3, 0.4) is 0 Å². The van der Waals surface area contributed by atoms with Crippen molar-refractivity contribution in [3.8, 4) is 5.75 Å². The first-order valence-electron chi connectivity index (χ1n) is 7.21. The third kappa shape index (κ3) is 3.44. The van der Waals surface area contributed by atoms with E-state index in [-0.39, 0.29) is 16.7 Å². The Morgan fingerprint density at radius 1 is 1.43 bits per heavy atom. The minimum Gasteiger partial charge on any atom is -0.496 e. The van der Waals surface area contributed by atoms with Gasteiger partial charge < -0.3 is 15.0 Å². The molecule has 3 atom stereocenters. The fourth-order valence-corrected chi connectivity index (χ4v) is 2.85. The van der Waals surface area contributed by atoms with Crippen molar-refractivity contribution in [3.63, 3.8) is 0 Å². The molecule has 0 amide bonds. The fourth-order valence-electron chi connectivity index (χ4n) is 2.85. The number of nitro benzene ring substituents is 1. The molecule has 1 aromatic rings. The highest BCUT2D eigenvalue weighted by Crippen LogP contribution is 2.32. The maximum absolute atomic E-state index is 11.2. The molecule has 0 spiro atoms. The van der Waals surface area contributed by atoms with Crippen LogP contribution in [0.15, 0.2) is 18.2 Å². The summed E-state index contributed by atoms with van der Waals surface area (Å²) >= 11 is 0. The number of rotatable bonds is 4. The van der Waals surface area contributed by atoms with Crippen LogP contribution >= 0.6 is 0 Å². The Bertz CT molecular complexity index is 521. The van der Waals surface area contributed by atoms with E-state index in [4.69, 9.17) is 4.74 Å². The largest absolute Gasteiger partial charge is 0.496 e. The number of hydrogen-bond acceptors (Lipinski definition) is 5. The van der Waals surface area contributed by atoms with E-state index in [1.165, 1.54) is 13.2 Å². The molecule has 0 aromatic heterocycles. The van der Waals surface area contributed by atoms with Crippen molar-refractivity contribution in [2.24, 2.45) is 5.92 Å². The van der Waals surface area contributed by atoms with Gasteiger partial charge in [-0.05, 0) is 38.4 Å². The van der Waals surface area contributed by atoms with Crippen LogP contribution in [-0.2, 0) is 0 Å². The maximum atomic E-state index is 11.2. The summed E-state index contributed by atoms with van der Waals surface area (Å²) in [6.07, 6.45) is 0.973. The second-order valence-electron chi connectivity index (χ2n) is 5.89. The molecule has 3 unspecified atom stereocenters. The highest BCUT2D eigenvalue weighted by atomic mass is 16.6. The van der Waals surface area contributed by atoms with Crippen molar-refractivity contribution in [1.82, 2.24) is 4.90 Å². The molecule has 0 aliphatic carbocycles. The van der Waals surface area contributed by atoms with Crippen LogP contribution in [0.2, 0.25) is 0 Å². The van der Waals surface area contributed by atoms with E-state index in [2.05, 4.69) is 31.1 Å². The zero-order valence-corrected chi connectivity index (χ0v) is 13.0. The molecule has 6 heteroatoms. The normalized spacial score (nSPS) is 26.4. The van der Waals surface area contributed by atoms with E-state index < -0.39 is 0 Å². The van der Waals surface area contributed by atoms with E-state index in [1.807, 2.05) is 0 Å². The summed E-state index contributed by atoms with van der Waals surface area (Å²) in [5.74, 6) is 0.935. The van der Waals surface area contributed by atoms with Gasteiger partial charge in [0, 0.05) is 18.6 Å². The van der Waals surface area contributed by atoms with Crippen molar-refractivity contribution in [2.75, 3.05) is 26.0 Å². The Hall–Kier alpha value is -1.82. The third-order valence-corrected chi connectivity index (χ3v) is 4.35. The van der Waals surface area contributed by atoms with Crippen LogP contribution in [0.25, 0.3) is 0 Å². The zero-order chi connectivity index (χ0) is 15.6. The third-order valence-electron chi connectivity index (χ3n) is 4.35. The Balaban J connectivity index is 2.21. The van der Waals surface area contributed by atoms with Gasteiger partial charge in [-0.15, -0.1) is 0 Å². The Morgan fingerprint density at radius 3 is 2.76 bits per heavy atom. The van der Waals surface area contributed by atoms with E-state index in [0.717, 1.165) is 13.0 Å². The van der Waals surface area contributed by atoms with Crippen molar-refractivity contribution in [1.29, 1.82) is 0 Å². The molecule has 1 aliphatic rings. The number of anilines is 1. The summed E-state index contributed by atoms with van der Waals surface area (Å²) in [5, 5.41) is 14.6. The lowest BCUT2D eigenvalue weighted by atomic mass is 9.89. The average Bonchev–Trinajstić information content (AvgIpc) is 2.44. The molecule has 1 saturated heterocycles. The van der Waals surface area contributed by atoms with E-state index >= 15 is 0 Å². The van der Waals surface area contributed by atoms with E-state index in [9.17, 15) is 10.1 Å². The molecular weight excluding hydrogens is 270 g/mol. The summed E-state index contributed by atoms with van der Waals surface area (Å²) in [4.78, 5) is 13.2. The van der Waals surface area contributed by atoms with Gasteiger partial charge in [-0.25, -0.2) is 0 Å². The molecule has 0 radical (unpaired) electrons. The summed E-state index contributed by atoms with van der Waals surface area (Å²) in [5.41, 5.74) is 0.627. The number of likely N-dealkylation sites (tertiary alicyclic amines) is 1. The molecule has 1 N–H and O–H groups in total. The van der Waals surface area contributed by atoms with Gasteiger partial charge in [-0.2, -0.15) is 0 Å². The molecule has 21 heavy (non-hydrogen) atoms. The second-order valence-corrected chi connectivity index (χ2v) is 5.89. The van der Waals surface area contributed by atoms with Gasteiger partial charge in [0.2, 0.25) is 0 Å². The topological polar surface area (TPSA) is 67.6 Å². The number of piperidine rings is 1. The van der Waals surface area contributed by atoms with Gasteiger partial charge >= 0.3 is 0 Å². The number of methoxy groups -OCH3 is 1. The number of hydrogen-bond donors (Lipinski definition) is 1. The Kier molecular flexibility index (Phi) is 4.67. The minimum absolute atomic E-state index is 0.0631. The smallest absolute Gasteiger partial charge is 0.296 e. The lowest BCUT2D eigenvalue weighted by molar-refractivity contribution is -0.384. The van der Waals surface area contributed by atoms with Gasteiger partial charge in [0.15, 0.2) is 0 Å². The van der Waals surface area contributed by atoms with Gasteiger partial charge in [0.1, 0.15) is 11.4 Å². The number of nitro groups is 1. The molecule has 1 aliphatic heterocycles. The summed E-state index contributed by atoms with van der Waals surface area (Å²) < 4.78 is 5.06. The molecular formula is C15H23N3O3. The van der Waals surface area contributed by atoms with E-state index in [1.54, 1.807) is 12.1 Å². The number of benzene rings is 1. The molecule has 1 fully saturated rings.